The van der Waals surface area contributed by atoms with E-state index >= 15 is 0 Å². The molecule has 210 valence electrons. The Labute approximate surface area is 229 Å². The van der Waals surface area contributed by atoms with Crippen molar-refractivity contribution in [3.63, 3.8) is 0 Å². The fourth-order valence-electron chi connectivity index (χ4n) is 4.23. The second-order valence-corrected chi connectivity index (χ2v) is 10.2. The van der Waals surface area contributed by atoms with Crippen LogP contribution in [0.3, 0.4) is 0 Å². The minimum atomic E-state index is -4.60. The van der Waals surface area contributed by atoms with Gasteiger partial charge in [-0.2, -0.15) is 24.5 Å². The summed E-state index contributed by atoms with van der Waals surface area (Å²) in [7, 11) is 0. The summed E-state index contributed by atoms with van der Waals surface area (Å²) < 4.78 is 47.9. The Balaban J connectivity index is 1.92. The quantitative estimate of drug-likeness (QED) is 0.232. The number of rotatable bonds is 13. The van der Waals surface area contributed by atoms with Gasteiger partial charge in [0, 0.05) is 25.4 Å². The molecule has 0 saturated carbocycles. The van der Waals surface area contributed by atoms with Gasteiger partial charge >= 0.3 is 6.18 Å². The highest BCUT2D eigenvalue weighted by molar-refractivity contribution is 7.08. The number of carbonyl (C=O) groups is 3. The molecule has 0 atom stereocenters. The number of nitrogens with two attached hydrogens (primary N) is 1. The fourth-order valence-corrected chi connectivity index (χ4v) is 4.90. The maximum absolute atomic E-state index is 13.7. The van der Waals surface area contributed by atoms with Crippen LogP contribution in [-0.4, -0.2) is 52.9 Å². The van der Waals surface area contributed by atoms with Crippen molar-refractivity contribution in [3.8, 4) is 0 Å². The molecule has 3 aromatic rings. The maximum Gasteiger partial charge on any atom is 0.416 e. The van der Waals surface area contributed by atoms with Gasteiger partial charge < -0.3 is 19.9 Å². The molecule has 0 aliphatic heterocycles. The Morgan fingerprint density at radius 3 is 2.49 bits per heavy atom. The molecule has 3 rings (SSSR count). The van der Waals surface area contributed by atoms with Gasteiger partial charge in [-0.1, -0.05) is 18.2 Å². The van der Waals surface area contributed by atoms with E-state index in [9.17, 15) is 27.6 Å². The third kappa shape index (κ3) is 8.03. The number of halogens is 3. The molecular formula is C28H32F3N3O4S. The molecule has 2 amide bonds. The highest BCUT2D eigenvalue weighted by Crippen LogP contribution is 2.33. The summed E-state index contributed by atoms with van der Waals surface area (Å²) in [6, 6.07) is 8.18. The minimum absolute atomic E-state index is 0.00467. The first-order chi connectivity index (χ1) is 18.4. The summed E-state index contributed by atoms with van der Waals surface area (Å²) in [5, 5.41) is 3.71. The molecule has 0 unspecified atom stereocenters. The van der Waals surface area contributed by atoms with Crippen LogP contribution in [0, 0.1) is 6.92 Å². The van der Waals surface area contributed by atoms with Crippen molar-refractivity contribution < 1.29 is 32.3 Å². The molecule has 0 aliphatic carbocycles. The lowest BCUT2D eigenvalue weighted by Gasteiger charge is -2.23. The predicted octanol–water partition coefficient (Wildman–Crippen LogP) is 5.09. The average molecular weight is 564 g/mol. The zero-order valence-corrected chi connectivity index (χ0v) is 22.9. The lowest BCUT2D eigenvalue weighted by atomic mass is 10.1. The molecule has 0 saturated heterocycles. The average Bonchev–Trinajstić information content (AvgIpc) is 3.48. The van der Waals surface area contributed by atoms with Crippen LogP contribution in [0.4, 0.5) is 13.2 Å². The topological polar surface area (TPSA) is 94.6 Å². The maximum atomic E-state index is 13.7. The molecule has 0 bridgehead atoms. The third-order valence-electron chi connectivity index (χ3n) is 6.22. The second-order valence-electron chi connectivity index (χ2n) is 9.45. The molecule has 0 aliphatic rings. The summed E-state index contributed by atoms with van der Waals surface area (Å²) in [6.45, 7) is 5.34. The highest BCUT2D eigenvalue weighted by Gasteiger charge is 2.33. The van der Waals surface area contributed by atoms with E-state index in [1.165, 1.54) is 52.0 Å². The Kier molecular flexibility index (Phi) is 10.1. The number of primary amides is 1. The van der Waals surface area contributed by atoms with Crippen LogP contribution >= 0.6 is 11.3 Å². The van der Waals surface area contributed by atoms with Gasteiger partial charge in [-0.05, 0) is 67.3 Å². The smallest absolute Gasteiger partial charge is 0.379 e. The van der Waals surface area contributed by atoms with Crippen molar-refractivity contribution in [3.05, 3.63) is 80.8 Å². The first kappa shape index (κ1) is 30.1. The summed E-state index contributed by atoms with van der Waals surface area (Å²) >= 11 is 1.46. The number of hydrogen-bond donors (Lipinski definition) is 1. The first-order valence-electron chi connectivity index (χ1n) is 12.5. The van der Waals surface area contributed by atoms with Gasteiger partial charge in [-0.15, -0.1) is 0 Å². The van der Waals surface area contributed by atoms with Gasteiger partial charge in [0.25, 0.3) is 5.91 Å². The number of alkyl halides is 3. The van der Waals surface area contributed by atoms with E-state index in [1.54, 1.807) is 0 Å². The van der Waals surface area contributed by atoms with Gasteiger partial charge in [-0.3, -0.25) is 14.4 Å². The molecule has 1 aromatic carbocycles. The number of carbonyl (C=O) groups excluding carboxylic acids is 3. The van der Waals surface area contributed by atoms with Gasteiger partial charge in [0.2, 0.25) is 5.91 Å². The molecule has 0 spiro atoms. The van der Waals surface area contributed by atoms with Gasteiger partial charge in [0.15, 0.2) is 5.78 Å². The van der Waals surface area contributed by atoms with E-state index < -0.39 is 23.4 Å². The van der Waals surface area contributed by atoms with Crippen LogP contribution in [0.1, 0.15) is 63.5 Å². The van der Waals surface area contributed by atoms with Crippen LogP contribution in [0.5, 0.6) is 0 Å². The SMILES string of the molecule is Cc1c(C(N)=O)cc(C(=O)CN(CCCOC(C)C)C(=O)Cc2ccsc2)n1Cc1ccccc1C(F)(F)F. The van der Waals surface area contributed by atoms with Crippen LogP contribution in [0.25, 0.3) is 0 Å². The Morgan fingerprint density at radius 1 is 1.15 bits per heavy atom. The number of thiophene rings is 1. The number of ketones is 1. The van der Waals surface area contributed by atoms with Crippen molar-refractivity contribution in [2.45, 2.75) is 52.4 Å². The van der Waals surface area contributed by atoms with Crippen molar-refractivity contribution in [2.75, 3.05) is 19.7 Å². The molecule has 7 nitrogen and oxygen atoms in total. The zero-order chi connectivity index (χ0) is 28.7. The number of nitrogens with zero attached hydrogens (tertiary/aromatic N) is 2. The molecule has 11 heteroatoms. The van der Waals surface area contributed by atoms with E-state index in [1.807, 2.05) is 30.7 Å². The van der Waals surface area contributed by atoms with Crippen LogP contribution in [-0.2, 0) is 28.7 Å². The Morgan fingerprint density at radius 2 is 1.87 bits per heavy atom. The van der Waals surface area contributed by atoms with Crippen molar-refractivity contribution in [1.29, 1.82) is 0 Å². The minimum Gasteiger partial charge on any atom is -0.379 e. The van der Waals surface area contributed by atoms with Gasteiger partial charge in [-0.25, -0.2) is 0 Å². The number of amides is 2. The van der Waals surface area contributed by atoms with E-state index in [2.05, 4.69) is 0 Å². The normalized spacial score (nSPS) is 11.7. The lowest BCUT2D eigenvalue weighted by molar-refractivity contribution is -0.138. The van der Waals surface area contributed by atoms with E-state index in [-0.39, 0.29) is 60.6 Å². The first-order valence-corrected chi connectivity index (χ1v) is 13.4. The second kappa shape index (κ2) is 13.1. The molecule has 2 N–H and O–H groups in total. The number of Topliss-reactive ketones (excluding diaryl/α,β-unsaturated/α-hetero) is 1. The fraction of sp³-hybridized carbons (Fsp3) is 0.393. The summed E-state index contributed by atoms with van der Waals surface area (Å²) in [5.74, 6) is -1.59. The summed E-state index contributed by atoms with van der Waals surface area (Å²) in [6.07, 6.45) is -3.99. The molecule has 2 heterocycles. The van der Waals surface area contributed by atoms with Gasteiger partial charge in [0.1, 0.15) is 0 Å². The highest BCUT2D eigenvalue weighted by atomic mass is 32.1. The summed E-state index contributed by atoms with van der Waals surface area (Å²) in [4.78, 5) is 40.2. The standard InChI is InChI=1S/C28H32F3N3O4S/c1-18(2)38-11-6-10-33(26(36)13-20-9-12-39-17-20)16-25(35)24-14-22(27(32)37)19(3)34(24)15-21-7-4-5-8-23(21)28(29,30)31/h4-5,7-9,12,14,17-18H,6,10-11,13,15-16H2,1-3H3,(H2,32,37). The van der Waals surface area contributed by atoms with Crippen LogP contribution in [0.15, 0.2) is 47.2 Å². The molecule has 0 fully saturated rings. The lowest BCUT2D eigenvalue weighted by Crippen LogP contribution is -2.38. The zero-order valence-electron chi connectivity index (χ0n) is 22.1. The van der Waals surface area contributed by atoms with Crippen molar-refractivity contribution in [2.24, 2.45) is 5.73 Å². The van der Waals surface area contributed by atoms with Crippen molar-refractivity contribution in [1.82, 2.24) is 9.47 Å². The third-order valence-corrected chi connectivity index (χ3v) is 6.95. The number of hydrogen-bond acceptors (Lipinski definition) is 5. The van der Waals surface area contributed by atoms with Crippen LogP contribution < -0.4 is 5.73 Å². The molecule has 2 aromatic heterocycles. The molecular weight excluding hydrogens is 531 g/mol. The van der Waals surface area contributed by atoms with Crippen LogP contribution in [0.2, 0.25) is 0 Å². The molecule has 0 radical (unpaired) electrons. The summed E-state index contributed by atoms with van der Waals surface area (Å²) in [5.41, 5.74) is 5.72. The van der Waals surface area contributed by atoms with Gasteiger partial charge in [0.05, 0.1) is 35.9 Å². The van der Waals surface area contributed by atoms with E-state index in [0.29, 0.717) is 13.0 Å². The molecule has 39 heavy (non-hydrogen) atoms. The Bertz CT molecular complexity index is 1300. The predicted molar refractivity (Wildman–Crippen MR) is 143 cm³/mol. The monoisotopic (exact) mass is 563 g/mol. The van der Waals surface area contributed by atoms with Crippen molar-refractivity contribution >= 4 is 28.9 Å². The number of ether oxygens (including phenoxy) is 1. The van der Waals surface area contributed by atoms with E-state index in [4.69, 9.17) is 10.5 Å². The number of aromatic nitrogens is 1. The van der Waals surface area contributed by atoms with E-state index in [0.717, 1.165) is 11.6 Å². The largest absolute Gasteiger partial charge is 0.416 e. The number of benzene rings is 1. The Hall–Kier alpha value is -3.44.